The first kappa shape index (κ1) is 11.0. The number of nitrogens with zero attached hydrogens (tertiary/aromatic N) is 2. The van der Waals surface area contributed by atoms with Crippen LogP contribution in [0.5, 0.6) is 0 Å². The summed E-state index contributed by atoms with van der Waals surface area (Å²) in [6.07, 6.45) is 3.36. The zero-order valence-electron chi connectivity index (χ0n) is 9.04. The van der Waals surface area contributed by atoms with Crippen molar-refractivity contribution in [2.75, 3.05) is 0 Å². The molecule has 0 amide bonds. The lowest BCUT2D eigenvalue weighted by atomic mass is 9.82. The van der Waals surface area contributed by atoms with E-state index in [9.17, 15) is 12.9 Å². The van der Waals surface area contributed by atoms with Crippen molar-refractivity contribution < 1.29 is 12.9 Å². The van der Waals surface area contributed by atoms with E-state index in [1.165, 1.54) is 10.5 Å². The average Bonchev–Trinajstić information content (AvgIpc) is 2.59. The number of hydrogen-bond donors (Lipinski definition) is 0. The monoisotopic (exact) mass is 227 g/mol. The third-order valence-electron chi connectivity index (χ3n) is 2.52. The van der Waals surface area contributed by atoms with E-state index >= 15 is 0 Å². The highest BCUT2D eigenvalue weighted by molar-refractivity contribution is 6.73. The van der Waals surface area contributed by atoms with Crippen molar-refractivity contribution in [1.29, 1.82) is 0 Å². The predicted octanol–water partition coefficient (Wildman–Crippen LogP) is 2.26. The molecule has 0 saturated heterocycles. The Morgan fingerprint density at radius 1 is 1.31 bits per heavy atom. The Morgan fingerprint density at radius 2 is 2.00 bits per heavy atom. The molecule has 0 aliphatic rings. The highest BCUT2D eigenvalue weighted by Crippen LogP contribution is 2.15. The van der Waals surface area contributed by atoms with E-state index in [-0.39, 0.29) is 0 Å². The Kier molecular flexibility index (Phi) is 2.44. The van der Waals surface area contributed by atoms with Crippen LogP contribution >= 0.6 is 0 Å². The van der Waals surface area contributed by atoms with E-state index in [0.717, 1.165) is 11.9 Å². The lowest BCUT2D eigenvalue weighted by Crippen LogP contribution is -2.32. The van der Waals surface area contributed by atoms with Gasteiger partial charge in [0.05, 0.1) is 16.9 Å². The molecular weight excluding hydrogens is 216 g/mol. The van der Waals surface area contributed by atoms with Gasteiger partial charge in [-0.3, -0.25) is 4.98 Å². The molecule has 0 bridgehead atoms. The van der Waals surface area contributed by atoms with Gasteiger partial charge in [-0.25, -0.2) is 0 Å². The fourth-order valence-corrected chi connectivity index (χ4v) is 1.78. The molecule has 0 saturated carbocycles. The van der Waals surface area contributed by atoms with Crippen LogP contribution < -0.4 is 5.46 Å². The highest BCUT2D eigenvalue weighted by Gasteiger charge is 2.27. The minimum Gasteiger partial charge on any atom is -0.445 e. The van der Waals surface area contributed by atoms with Crippen molar-refractivity contribution in [1.82, 2.24) is 9.38 Å². The average molecular weight is 227 g/mol. The molecule has 16 heavy (non-hydrogen) atoms. The third-order valence-corrected chi connectivity index (χ3v) is 2.52. The number of hydrogen-bond acceptors (Lipinski definition) is 1. The van der Waals surface area contributed by atoms with E-state index < -0.39 is 12.4 Å². The maximum Gasteiger partial charge on any atom is 0.511 e. The summed E-state index contributed by atoms with van der Waals surface area (Å²) in [6, 6.07) is 1.17. The van der Waals surface area contributed by atoms with Gasteiger partial charge in [0.25, 0.3) is 0 Å². The molecule has 0 atom stereocenters. The lowest BCUT2D eigenvalue weighted by Gasteiger charge is -2.10. The lowest BCUT2D eigenvalue weighted by molar-refractivity contribution is 0.501. The molecule has 2 nitrogen and oxygen atoms in total. The molecule has 0 aliphatic heterocycles. The molecule has 2 aromatic rings. The summed E-state index contributed by atoms with van der Waals surface area (Å²) >= 11 is 0. The molecule has 0 spiro atoms. The van der Waals surface area contributed by atoms with Crippen LogP contribution in [0.3, 0.4) is 0 Å². The smallest absolute Gasteiger partial charge is 0.445 e. The summed E-state index contributed by atoms with van der Waals surface area (Å²) in [4.78, 5) is 4.23. The first-order chi connectivity index (χ1) is 7.41. The molecule has 2 rings (SSSR count). The fourth-order valence-electron chi connectivity index (χ4n) is 1.78. The highest BCUT2D eigenvalue weighted by atomic mass is 19.4. The quantitative estimate of drug-likeness (QED) is 0.719. The second-order valence-corrected chi connectivity index (χ2v) is 3.82. The Labute approximate surface area is 91.2 Å². The molecule has 0 fully saturated rings. The number of aryl methyl sites for hydroxylation is 2. The Bertz CT molecular complexity index is 531. The summed E-state index contributed by atoms with van der Waals surface area (Å²) < 4.78 is 39.3. The molecule has 2 aromatic heterocycles. The van der Waals surface area contributed by atoms with Gasteiger partial charge in [-0.05, 0) is 19.5 Å². The molecule has 0 radical (unpaired) electrons. The normalized spacial score (nSPS) is 12.3. The van der Waals surface area contributed by atoms with Gasteiger partial charge in [0, 0.05) is 6.20 Å². The zero-order chi connectivity index (χ0) is 11.9. The van der Waals surface area contributed by atoms with Crippen LogP contribution in [0.25, 0.3) is 5.52 Å². The van der Waals surface area contributed by atoms with Crippen LogP contribution in [0.4, 0.5) is 12.9 Å². The Hall–Kier alpha value is -1.46. The predicted molar refractivity (Wildman–Crippen MR) is 58.0 cm³/mol. The molecule has 0 N–H and O–H groups in total. The summed E-state index contributed by atoms with van der Waals surface area (Å²) in [5.41, 5.74) is 1.40. The van der Waals surface area contributed by atoms with E-state index in [1.807, 2.05) is 6.92 Å². The maximum absolute atomic E-state index is 12.6. The molecular formula is C10H11BF3N2-. The summed E-state index contributed by atoms with van der Waals surface area (Å²) in [5, 5.41) is 0. The minimum atomic E-state index is -4.94. The van der Waals surface area contributed by atoms with Crippen molar-refractivity contribution in [2.24, 2.45) is 0 Å². The van der Waals surface area contributed by atoms with Gasteiger partial charge in [-0.1, -0.05) is 18.5 Å². The van der Waals surface area contributed by atoms with Crippen LogP contribution in [0.1, 0.15) is 18.3 Å². The van der Waals surface area contributed by atoms with E-state index in [1.54, 1.807) is 13.1 Å². The summed E-state index contributed by atoms with van der Waals surface area (Å²) in [7, 11) is 0. The SMILES string of the molecule is CCc1nc(C)cn2cc([B-](F)(F)F)cc12. The van der Waals surface area contributed by atoms with Gasteiger partial charge >= 0.3 is 6.98 Å². The maximum atomic E-state index is 12.6. The standard InChI is InChI=1S/C10H11BF3N2/c1-3-9-10-4-8(11(12,13)14)6-16(10)5-7(2)15-9/h4-6H,3H2,1-2H3/q-1. The van der Waals surface area contributed by atoms with Crippen molar-refractivity contribution in [2.45, 2.75) is 20.3 Å². The van der Waals surface area contributed by atoms with Crippen LogP contribution in [0.2, 0.25) is 0 Å². The second kappa shape index (κ2) is 3.54. The van der Waals surface area contributed by atoms with Gasteiger partial charge in [0.1, 0.15) is 0 Å². The van der Waals surface area contributed by atoms with Gasteiger partial charge < -0.3 is 17.3 Å². The van der Waals surface area contributed by atoms with Crippen LogP contribution in [-0.4, -0.2) is 16.4 Å². The van der Waals surface area contributed by atoms with Crippen molar-refractivity contribution >= 4 is 18.0 Å². The van der Waals surface area contributed by atoms with Crippen molar-refractivity contribution in [3.8, 4) is 0 Å². The van der Waals surface area contributed by atoms with Gasteiger partial charge in [0.15, 0.2) is 0 Å². The molecule has 0 unspecified atom stereocenters. The summed E-state index contributed by atoms with van der Waals surface area (Å²) in [6.45, 7) is -1.28. The largest absolute Gasteiger partial charge is 0.511 e. The van der Waals surface area contributed by atoms with Crippen LogP contribution in [-0.2, 0) is 6.42 Å². The van der Waals surface area contributed by atoms with E-state index in [0.29, 0.717) is 17.6 Å². The van der Waals surface area contributed by atoms with Gasteiger partial charge in [-0.15, -0.1) is 0 Å². The minimum absolute atomic E-state index is 0.544. The number of rotatable bonds is 2. The number of halogens is 3. The molecule has 6 heteroatoms. The molecule has 2 heterocycles. The topological polar surface area (TPSA) is 17.3 Å². The van der Waals surface area contributed by atoms with Crippen molar-refractivity contribution in [3.63, 3.8) is 0 Å². The molecule has 0 aliphatic carbocycles. The van der Waals surface area contributed by atoms with Gasteiger partial charge in [0.2, 0.25) is 0 Å². The molecule has 86 valence electrons. The Morgan fingerprint density at radius 3 is 2.56 bits per heavy atom. The first-order valence-electron chi connectivity index (χ1n) is 5.10. The fraction of sp³-hybridized carbons (Fsp3) is 0.300. The van der Waals surface area contributed by atoms with Crippen LogP contribution in [0, 0.1) is 6.92 Å². The van der Waals surface area contributed by atoms with E-state index in [4.69, 9.17) is 0 Å². The zero-order valence-corrected chi connectivity index (χ0v) is 9.04. The van der Waals surface area contributed by atoms with Crippen LogP contribution in [0.15, 0.2) is 18.5 Å². The Balaban J connectivity index is 2.70. The number of fused-ring (bicyclic) bond motifs is 1. The second-order valence-electron chi connectivity index (χ2n) is 3.82. The summed E-state index contributed by atoms with van der Waals surface area (Å²) in [5.74, 6) is 0. The van der Waals surface area contributed by atoms with Crippen molar-refractivity contribution in [3.05, 3.63) is 29.8 Å². The molecule has 0 aromatic carbocycles. The number of aromatic nitrogens is 2. The van der Waals surface area contributed by atoms with E-state index in [2.05, 4.69) is 4.98 Å². The third kappa shape index (κ3) is 1.79. The van der Waals surface area contributed by atoms with Gasteiger partial charge in [-0.2, -0.15) is 0 Å². The first-order valence-corrected chi connectivity index (χ1v) is 5.10.